The van der Waals surface area contributed by atoms with Gasteiger partial charge in [0.1, 0.15) is 11.5 Å². The maximum atomic E-state index is 13.1. The summed E-state index contributed by atoms with van der Waals surface area (Å²) in [7, 11) is 1.62. The lowest BCUT2D eigenvalue weighted by atomic mass is 9.83. The van der Waals surface area contributed by atoms with Gasteiger partial charge in [0, 0.05) is 13.1 Å². The average Bonchev–Trinajstić information content (AvgIpc) is 2.74. The number of ether oxygens (including phenoxy) is 2. The Hall–Kier alpha value is -2.53. The van der Waals surface area contributed by atoms with E-state index in [4.69, 9.17) is 9.47 Å². The Labute approximate surface area is 160 Å². The Morgan fingerprint density at radius 3 is 2.30 bits per heavy atom. The Morgan fingerprint density at radius 1 is 1.04 bits per heavy atom. The third-order valence-corrected chi connectivity index (χ3v) is 5.72. The minimum absolute atomic E-state index is 0.207. The normalized spacial score (nSPS) is 23.7. The number of hydrogen-bond acceptors (Lipinski definition) is 4. The van der Waals surface area contributed by atoms with Crippen LogP contribution in [0.4, 0.5) is 4.79 Å². The van der Waals surface area contributed by atoms with Crippen LogP contribution in [0.5, 0.6) is 11.5 Å². The molecular weight excluding hydrogens is 340 g/mol. The fourth-order valence-electron chi connectivity index (χ4n) is 4.19. The molecule has 0 spiro atoms. The number of amides is 1. The smallest absolute Gasteiger partial charge is 0.415 e. The fraction of sp³-hybridized carbons (Fsp3) is 0.409. The summed E-state index contributed by atoms with van der Waals surface area (Å²) in [5.41, 5.74) is 1.13. The zero-order valence-corrected chi connectivity index (χ0v) is 15.7. The van der Waals surface area contributed by atoms with E-state index in [9.17, 15) is 4.79 Å². The lowest BCUT2D eigenvalue weighted by Crippen LogP contribution is -2.58. The zero-order chi connectivity index (χ0) is 18.6. The minimum atomic E-state index is -0.275. The van der Waals surface area contributed by atoms with E-state index in [1.165, 1.54) is 0 Å². The van der Waals surface area contributed by atoms with Crippen LogP contribution >= 0.6 is 0 Å². The first-order chi connectivity index (χ1) is 13.2. The number of nitrogens with zero attached hydrogens (tertiary/aromatic N) is 2. The predicted octanol–water partition coefficient (Wildman–Crippen LogP) is 3.79. The number of fused-ring (bicyclic) bond motifs is 3. The largest absolute Gasteiger partial charge is 0.497 e. The van der Waals surface area contributed by atoms with Crippen molar-refractivity contribution in [3.8, 4) is 11.5 Å². The number of carbonyl (C=O) groups excluding carboxylic acids is 1. The molecule has 1 atom stereocenters. The van der Waals surface area contributed by atoms with E-state index >= 15 is 0 Å². The minimum Gasteiger partial charge on any atom is -0.497 e. The molecule has 0 saturated carbocycles. The molecule has 0 aromatic heterocycles. The molecule has 142 valence electrons. The summed E-state index contributed by atoms with van der Waals surface area (Å²) in [6.45, 7) is 3.81. The van der Waals surface area contributed by atoms with Crippen LogP contribution in [0.25, 0.3) is 0 Å². The Bertz CT molecular complexity index is 755. The maximum absolute atomic E-state index is 13.1. The van der Waals surface area contributed by atoms with Gasteiger partial charge in [-0.2, -0.15) is 0 Å². The molecule has 3 aliphatic heterocycles. The lowest BCUT2D eigenvalue weighted by Gasteiger charge is -2.48. The summed E-state index contributed by atoms with van der Waals surface area (Å²) in [5, 5.41) is 0. The number of benzene rings is 2. The van der Waals surface area contributed by atoms with Crippen molar-refractivity contribution < 1.29 is 14.3 Å². The van der Waals surface area contributed by atoms with Crippen LogP contribution in [0.1, 0.15) is 18.4 Å². The first-order valence-corrected chi connectivity index (χ1v) is 9.62. The van der Waals surface area contributed by atoms with Crippen molar-refractivity contribution in [2.24, 2.45) is 5.92 Å². The number of hydrogen-bond donors (Lipinski definition) is 0. The molecule has 27 heavy (non-hydrogen) atoms. The SMILES string of the molecule is COc1ccc(OC(=O)N(Cc2ccccc2)[C@H]2CN3CCC2CC3)cc1. The van der Waals surface area contributed by atoms with Crippen LogP contribution < -0.4 is 9.47 Å². The summed E-state index contributed by atoms with van der Waals surface area (Å²) >= 11 is 0. The van der Waals surface area contributed by atoms with Crippen molar-refractivity contribution in [3.63, 3.8) is 0 Å². The molecule has 5 heteroatoms. The highest BCUT2D eigenvalue weighted by molar-refractivity contribution is 5.71. The molecule has 2 bridgehead atoms. The quantitative estimate of drug-likeness (QED) is 0.807. The number of carbonyl (C=O) groups is 1. The van der Waals surface area contributed by atoms with Crippen LogP contribution in [0.2, 0.25) is 0 Å². The van der Waals surface area contributed by atoms with Crippen molar-refractivity contribution >= 4 is 6.09 Å². The highest BCUT2D eigenvalue weighted by Crippen LogP contribution is 2.32. The molecule has 3 aliphatic rings. The van der Waals surface area contributed by atoms with E-state index in [1.54, 1.807) is 31.4 Å². The van der Waals surface area contributed by atoms with Crippen LogP contribution in [-0.4, -0.2) is 48.7 Å². The van der Waals surface area contributed by atoms with Gasteiger partial charge in [-0.1, -0.05) is 30.3 Å². The molecule has 3 saturated heterocycles. The number of methoxy groups -OCH3 is 1. The van der Waals surface area contributed by atoms with Crippen molar-refractivity contribution in [3.05, 3.63) is 60.2 Å². The Morgan fingerprint density at radius 2 is 1.70 bits per heavy atom. The van der Waals surface area contributed by atoms with Gasteiger partial charge in [-0.15, -0.1) is 0 Å². The van der Waals surface area contributed by atoms with Crippen molar-refractivity contribution in [1.29, 1.82) is 0 Å². The summed E-state index contributed by atoms with van der Waals surface area (Å²) in [6.07, 6.45) is 2.04. The standard InChI is InChI=1S/C22H26N2O3/c1-26-19-7-9-20(10-8-19)27-22(25)24(15-17-5-3-2-4-6-17)21-16-23-13-11-18(21)12-14-23/h2-10,18,21H,11-16H2,1H3/t21-/m0/s1. The molecule has 1 amide bonds. The topological polar surface area (TPSA) is 42.0 Å². The van der Waals surface area contributed by atoms with Gasteiger partial charge in [0.25, 0.3) is 0 Å². The third-order valence-electron chi connectivity index (χ3n) is 5.72. The Kier molecular flexibility index (Phi) is 5.30. The second-order valence-corrected chi connectivity index (χ2v) is 7.36. The summed E-state index contributed by atoms with van der Waals surface area (Å²) in [5.74, 6) is 1.84. The van der Waals surface area contributed by atoms with E-state index in [0.29, 0.717) is 18.2 Å². The van der Waals surface area contributed by atoms with Crippen LogP contribution in [0.3, 0.4) is 0 Å². The van der Waals surface area contributed by atoms with E-state index in [2.05, 4.69) is 17.0 Å². The molecular formula is C22H26N2O3. The number of piperidine rings is 3. The first kappa shape index (κ1) is 17.9. The van der Waals surface area contributed by atoms with Gasteiger partial charge in [0.2, 0.25) is 0 Å². The van der Waals surface area contributed by atoms with Gasteiger partial charge in [-0.25, -0.2) is 4.79 Å². The van der Waals surface area contributed by atoms with Crippen LogP contribution in [0.15, 0.2) is 54.6 Å². The predicted molar refractivity (Wildman–Crippen MR) is 104 cm³/mol. The molecule has 3 fully saturated rings. The molecule has 0 unspecified atom stereocenters. The highest BCUT2D eigenvalue weighted by Gasteiger charge is 2.40. The highest BCUT2D eigenvalue weighted by atomic mass is 16.6. The van der Waals surface area contributed by atoms with Crippen molar-refractivity contribution in [1.82, 2.24) is 9.80 Å². The zero-order valence-electron chi connectivity index (χ0n) is 15.7. The lowest BCUT2D eigenvalue weighted by molar-refractivity contribution is 0.00935. The van der Waals surface area contributed by atoms with Gasteiger partial charge >= 0.3 is 6.09 Å². The monoisotopic (exact) mass is 366 g/mol. The maximum Gasteiger partial charge on any atom is 0.415 e. The fourth-order valence-corrected chi connectivity index (χ4v) is 4.19. The molecule has 5 rings (SSSR count). The van der Waals surface area contributed by atoms with Gasteiger partial charge in [-0.3, -0.25) is 4.90 Å². The van der Waals surface area contributed by atoms with Crippen LogP contribution in [0, 0.1) is 5.92 Å². The molecule has 5 nitrogen and oxygen atoms in total. The summed E-state index contributed by atoms with van der Waals surface area (Å²) < 4.78 is 10.9. The molecule has 3 heterocycles. The summed E-state index contributed by atoms with van der Waals surface area (Å²) in [6, 6.07) is 17.5. The second kappa shape index (κ2) is 8.01. The molecule has 0 N–H and O–H groups in total. The van der Waals surface area contributed by atoms with Gasteiger partial charge in [-0.05, 0) is 61.7 Å². The molecule has 2 aromatic carbocycles. The van der Waals surface area contributed by atoms with E-state index in [1.807, 2.05) is 23.1 Å². The Balaban J connectivity index is 1.53. The van der Waals surface area contributed by atoms with Gasteiger partial charge in [0.15, 0.2) is 0 Å². The molecule has 0 aliphatic carbocycles. The number of rotatable bonds is 5. The van der Waals surface area contributed by atoms with Gasteiger partial charge in [0.05, 0.1) is 13.2 Å². The average molecular weight is 366 g/mol. The third kappa shape index (κ3) is 4.08. The first-order valence-electron chi connectivity index (χ1n) is 9.62. The second-order valence-electron chi connectivity index (χ2n) is 7.36. The van der Waals surface area contributed by atoms with E-state index < -0.39 is 0 Å². The van der Waals surface area contributed by atoms with Crippen molar-refractivity contribution in [2.45, 2.75) is 25.4 Å². The van der Waals surface area contributed by atoms with Gasteiger partial charge < -0.3 is 14.4 Å². The molecule has 0 radical (unpaired) electrons. The summed E-state index contributed by atoms with van der Waals surface area (Å²) in [4.78, 5) is 17.5. The molecule has 2 aromatic rings. The van der Waals surface area contributed by atoms with Crippen molar-refractivity contribution in [2.75, 3.05) is 26.7 Å². The van der Waals surface area contributed by atoms with E-state index in [0.717, 1.165) is 43.8 Å². The van der Waals surface area contributed by atoms with Crippen LogP contribution in [-0.2, 0) is 6.54 Å². The van der Waals surface area contributed by atoms with E-state index in [-0.39, 0.29) is 12.1 Å².